The number of hydrogen-bond acceptors (Lipinski definition) is 6. The van der Waals surface area contributed by atoms with Gasteiger partial charge in [0.05, 0.1) is 27.6 Å². The molecule has 37 heavy (non-hydrogen) atoms. The van der Waals surface area contributed by atoms with E-state index in [0.717, 1.165) is 6.21 Å². The van der Waals surface area contributed by atoms with E-state index >= 15 is 0 Å². The van der Waals surface area contributed by atoms with Crippen molar-refractivity contribution in [1.82, 2.24) is 9.78 Å². The van der Waals surface area contributed by atoms with Crippen LogP contribution in [0.5, 0.6) is 11.5 Å². The second kappa shape index (κ2) is 11.0. The summed E-state index contributed by atoms with van der Waals surface area (Å²) < 4.78 is 84.8. The molecule has 0 aliphatic rings. The molecule has 0 aliphatic heterocycles. The summed E-state index contributed by atoms with van der Waals surface area (Å²) in [5.41, 5.74) is -6.61. The highest BCUT2D eigenvalue weighted by Gasteiger charge is 2.36. The molecule has 0 saturated carbocycles. The number of aromatic nitrogens is 2. The van der Waals surface area contributed by atoms with E-state index < -0.39 is 61.1 Å². The van der Waals surface area contributed by atoms with Gasteiger partial charge >= 0.3 is 11.7 Å². The summed E-state index contributed by atoms with van der Waals surface area (Å²) in [5.74, 6) is -0.484. The minimum Gasteiger partial charge on any atom is -0.504 e. The Balaban J connectivity index is 2.14. The van der Waals surface area contributed by atoms with Crippen LogP contribution in [0.4, 0.5) is 32.2 Å². The van der Waals surface area contributed by atoms with Crippen molar-refractivity contribution in [3.8, 4) is 23.3 Å². The molecule has 6 nitrogen and oxygen atoms in total. The highest BCUT2D eigenvalue weighted by atomic mass is 35.5. The van der Waals surface area contributed by atoms with Gasteiger partial charge in [-0.2, -0.15) is 36.7 Å². The molecular formula is C22H12Cl2F6N4O2S. The zero-order chi connectivity index (χ0) is 27.5. The van der Waals surface area contributed by atoms with Gasteiger partial charge in [0.25, 0.3) is 0 Å². The third-order valence-electron chi connectivity index (χ3n) is 4.47. The van der Waals surface area contributed by atoms with E-state index in [2.05, 4.69) is 10.1 Å². The number of phenols is 1. The van der Waals surface area contributed by atoms with Crippen LogP contribution in [-0.4, -0.2) is 33.7 Å². The Kier molecular flexibility index (Phi) is 8.36. The van der Waals surface area contributed by atoms with Gasteiger partial charge in [-0.15, -0.1) is 0 Å². The maximum absolute atomic E-state index is 13.2. The molecule has 0 atom stereocenters. The first-order valence-electron chi connectivity index (χ1n) is 9.68. The SMILES string of the molecule is COc1cc(/C=C/C=Nc2c(SC(F)(F)F)c(C#N)nn2-c2c(Cl)cc(C(F)(F)F)cc2Cl)ccc1O. The molecule has 1 N–H and O–H groups in total. The van der Waals surface area contributed by atoms with Gasteiger partial charge in [-0.1, -0.05) is 35.3 Å². The number of phenolic OH excluding ortho intramolecular Hbond substituents is 1. The Morgan fingerprint density at radius 3 is 2.32 bits per heavy atom. The van der Waals surface area contributed by atoms with Crippen molar-refractivity contribution in [2.45, 2.75) is 16.6 Å². The Morgan fingerprint density at radius 1 is 1.14 bits per heavy atom. The van der Waals surface area contributed by atoms with E-state index in [1.807, 2.05) is 0 Å². The topological polar surface area (TPSA) is 83.4 Å². The van der Waals surface area contributed by atoms with Gasteiger partial charge in [-0.05, 0) is 47.7 Å². The fourth-order valence-electron chi connectivity index (χ4n) is 2.94. The Labute approximate surface area is 219 Å². The molecule has 0 radical (unpaired) electrons. The summed E-state index contributed by atoms with van der Waals surface area (Å²) in [6.45, 7) is 0. The third-order valence-corrected chi connectivity index (χ3v) is 5.86. The van der Waals surface area contributed by atoms with Crippen LogP contribution >= 0.6 is 35.0 Å². The van der Waals surface area contributed by atoms with E-state index in [9.17, 15) is 36.7 Å². The highest BCUT2D eigenvalue weighted by Crippen LogP contribution is 2.46. The number of alkyl halides is 6. The summed E-state index contributed by atoms with van der Waals surface area (Å²) in [6.07, 6.45) is -0.923. The second-order valence-electron chi connectivity index (χ2n) is 6.93. The fraction of sp³-hybridized carbons (Fsp3) is 0.136. The summed E-state index contributed by atoms with van der Waals surface area (Å²) in [4.78, 5) is 3.25. The van der Waals surface area contributed by atoms with E-state index in [-0.39, 0.29) is 11.5 Å². The van der Waals surface area contributed by atoms with Crippen LogP contribution < -0.4 is 4.74 Å². The summed E-state index contributed by atoms with van der Waals surface area (Å²) in [6, 6.07) is 6.92. The summed E-state index contributed by atoms with van der Waals surface area (Å²) in [7, 11) is 1.34. The van der Waals surface area contributed by atoms with Crippen LogP contribution in [0.1, 0.15) is 16.8 Å². The van der Waals surface area contributed by atoms with Crippen LogP contribution in [-0.2, 0) is 6.18 Å². The van der Waals surface area contributed by atoms with Crippen molar-refractivity contribution in [1.29, 1.82) is 5.26 Å². The number of methoxy groups -OCH3 is 1. The molecule has 15 heteroatoms. The average molecular weight is 581 g/mol. The molecule has 194 valence electrons. The average Bonchev–Trinajstić information content (AvgIpc) is 3.11. The van der Waals surface area contributed by atoms with Crippen LogP contribution in [0.3, 0.4) is 0 Å². The number of aliphatic imine (C=N–C) groups is 1. The van der Waals surface area contributed by atoms with E-state index in [4.69, 9.17) is 27.9 Å². The lowest BCUT2D eigenvalue weighted by Gasteiger charge is -2.13. The Hall–Kier alpha value is -3.34. The van der Waals surface area contributed by atoms with Gasteiger partial charge in [-0.25, -0.2) is 9.67 Å². The number of thioether (sulfide) groups is 1. The Morgan fingerprint density at radius 2 is 1.78 bits per heavy atom. The molecule has 2 aromatic carbocycles. The standard InChI is InChI=1S/C22H12Cl2F6N4O2S/c1-36-17-7-11(4-5-16(17)35)3-2-6-32-20-19(37-22(28,29)30)15(10-31)33-34(20)18-13(23)8-12(9-14(18)24)21(25,26)27/h2-9,35H,1H3/b3-2+,32-6?. The van der Waals surface area contributed by atoms with Crippen LogP contribution in [0.15, 0.2) is 46.3 Å². The minimum atomic E-state index is -4.85. The fourth-order valence-corrected chi connectivity index (χ4v) is 4.24. The molecule has 0 bridgehead atoms. The molecule has 3 aromatic rings. The lowest BCUT2D eigenvalue weighted by Crippen LogP contribution is -2.07. The molecule has 1 aromatic heterocycles. The zero-order valence-corrected chi connectivity index (χ0v) is 20.5. The predicted octanol–water partition coefficient (Wildman–Crippen LogP) is 7.81. The molecule has 0 spiro atoms. The van der Waals surface area contributed by atoms with Crippen molar-refractivity contribution in [2.24, 2.45) is 4.99 Å². The van der Waals surface area contributed by atoms with Crippen molar-refractivity contribution in [3.05, 3.63) is 63.3 Å². The number of halogens is 8. The van der Waals surface area contributed by atoms with E-state index in [0.29, 0.717) is 22.4 Å². The van der Waals surface area contributed by atoms with Crippen molar-refractivity contribution in [2.75, 3.05) is 7.11 Å². The second-order valence-corrected chi connectivity index (χ2v) is 8.82. The molecule has 0 aliphatic carbocycles. The largest absolute Gasteiger partial charge is 0.504 e. The number of rotatable bonds is 6. The molecule has 0 fully saturated rings. The van der Waals surface area contributed by atoms with E-state index in [1.165, 1.54) is 43.5 Å². The first kappa shape index (κ1) is 28.2. The highest BCUT2D eigenvalue weighted by molar-refractivity contribution is 8.00. The minimum absolute atomic E-state index is 0.111. The normalized spacial score (nSPS) is 12.4. The van der Waals surface area contributed by atoms with Crippen molar-refractivity contribution in [3.63, 3.8) is 0 Å². The zero-order valence-electron chi connectivity index (χ0n) is 18.2. The van der Waals surface area contributed by atoms with Crippen LogP contribution in [0, 0.1) is 11.3 Å². The number of aromatic hydroxyl groups is 1. The molecule has 0 saturated heterocycles. The summed E-state index contributed by atoms with van der Waals surface area (Å²) >= 11 is 11.3. The van der Waals surface area contributed by atoms with Crippen molar-refractivity contribution < 1.29 is 36.2 Å². The van der Waals surface area contributed by atoms with Gasteiger partial charge in [0.2, 0.25) is 0 Å². The monoisotopic (exact) mass is 580 g/mol. The molecule has 1 heterocycles. The number of ether oxygens (including phenoxy) is 1. The lowest BCUT2D eigenvalue weighted by atomic mass is 10.2. The molecular weight excluding hydrogens is 569 g/mol. The van der Waals surface area contributed by atoms with Gasteiger partial charge in [0.1, 0.15) is 11.8 Å². The van der Waals surface area contributed by atoms with Gasteiger partial charge in [0, 0.05) is 6.21 Å². The molecule has 0 amide bonds. The van der Waals surface area contributed by atoms with Crippen LogP contribution in [0.25, 0.3) is 11.8 Å². The number of benzene rings is 2. The smallest absolute Gasteiger partial charge is 0.446 e. The van der Waals surface area contributed by atoms with Gasteiger partial charge in [0.15, 0.2) is 23.0 Å². The lowest BCUT2D eigenvalue weighted by molar-refractivity contribution is -0.137. The van der Waals surface area contributed by atoms with E-state index in [1.54, 1.807) is 0 Å². The third kappa shape index (κ3) is 6.71. The molecule has 3 rings (SSSR count). The number of hydrogen-bond donors (Lipinski definition) is 1. The summed E-state index contributed by atoms with van der Waals surface area (Å²) in [5, 5.41) is 21.6. The maximum Gasteiger partial charge on any atom is 0.446 e. The Bertz CT molecular complexity index is 1410. The number of nitriles is 1. The number of allylic oxidation sites excluding steroid dienone is 1. The predicted molar refractivity (Wildman–Crippen MR) is 127 cm³/mol. The van der Waals surface area contributed by atoms with Crippen LogP contribution in [0.2, 0.25) is 10.0 Å². The van der Waals surface area contributed by atoms with Crippen molar-refractivity contribution >= 4 is 53.1 Å². The molecule has 0 unspecified atom stereocenters. The first-order chi connectivity index (χ1) is 17.2. The maximum atomic E-state index is 13.2. The van der Waals surface area contributed by atoms with Gasteiger partial charge in [-0.3, -0.25) is 0 Å². The number of nitrogens with zero attached hydrogens (tertiary/aromatic N) is 4. The van der Waals surface area contributed by atoms with Gasteiger partial charge < -0.3 is 9.84 Å². The first-order valence-corrected chi connectivity index (χ1v) is 11.3. The quantitative estimate of drug-likeness (QED) is 0.182.